The molecule has 0 saturated carbocycles. The zero-order valence-electron chi connectivity index (χ0n) is 28.0. The fourth-order valence-electron chi connectivity index (χ4n) is 10.7. The van der Waals surface area contributed by atoms with Gasteiger partial charge in [-0.3, -0.25) is 0 Å². The average Bonchev–Trinajstić information content (AvgIpc) is 3.87. The van der Waals surface area contributed by atoms with Gasteiger partial charge in [0.2, 0.25) is 0 Å². The Bertz CT molecular complexity index is 2630. The number of hydrogen-bond acceptors (Lipinski definition) is 1. The van der Waals surface area contributed by atoms with Gasteiger partial charge in [0, 0.05) is 9.79 Å². The van der Waals surface area contributed by atoms with E-state index in [1.165, 1.54) is 93.3 Å². The molecule has 5 aliphatic rings. The molecule has 0 unspecified atom stereocenters. The predicted molar refractivity (Wildman–Crippen MR) is 210 cm³/mol. The van der Waals surface area contributed by atoms with Gasteiger partial charge in [-0.15, -0.1) is 0 Å². The van der Waals surface area contributed by atoms with E-state index in [1.54, 1.807) is 5.57 Å². The lowest BCUT2D eigenvalue weighted by Crippen LogP contribution is -2.27. The van der Waals surface area contributed by atoms with Gasteiger partial charge in [-0.25, -0.2) is 0 Å². The Morgan fingerprint density at radius 3 is 1.25 bits per heavy atom. The standard InChI is InChI=1S/C50H32S/c1-7-19-41-33(13-1)34-14-2-8-20-42(34)49(41)45-23-11-5-17-37(45)39-27-25-31(29-47(39)49)51-32-26-28-40-38-18-6-12-24-46(38)50(48(40)30-32)43-21-9-3-15-35(43)36-16-4-10-22-44(36)50/h1-11,13-23,25-30H,12,24H2. The maximum Gasteiger partial charge on any atom is 0.0725 e. The first-order valence-corrected chi connectivity index (χ1v) is 19.0. The highest BCUT2D eigenvalue weighted by molar-refractivity contribution is 7.99. The molecule has 0 aromatic heterocycles. The molecule has 238 valence electrons. The third kappa shape index (κ3) is 3.34. The second kappa shape index (κ2) is 10.00. The van der Waals surface area contributed by atoms with Crippen molar-refractivity contribution < 1.29 is 0 Å². The number of allylic oxidation sites excluding steroid dienone is 4. The molecule has 0 heterocycles. The van der Waals surface area contributed by atoms with Crippen LogP contribution in [-0.2, 0) is 10.8 Å². The molecule has 7 aromatic rings. The zero-order valence-corrected chi connectivity index (χ0v) is 28.8. The summed E-state index contributed by atoms with van der Waals surface area (Å²) < 4.78 is 0. The second-order valence-corrected chi connectivity index (χ2v) is 15.7. The monoisotopic (exact) mass is 664 g/mol. The maximum atomic E-state index is 2.53. The summed E-state index contributed by atoms with van der Waals surface area (Å²) in [4.78, 5) is 2.56. The largest absolute Gasteiger partial charge is 0.0901 e. The van der Waals surface area contributed by atoms with Gasteiger partial charge >= 0.3 is 0 Å². The van der Waals surface area contributed by atoms with Crippen LogP contribution in [0.15, 0.2) is 185 Å². The van der Waals surface area contributed by atoms with Crippen molar-refractivity contribution in [2.75, 3.05) is 0 Å². The summed E-state index contributed by atoms with van der Waals surface area (Å²) in [5.74, 6) is 0. The van der Waals surface area contributed by atoms with Crippen molar-refractivity contribution in [3.63, 3.8) is 0 Å². The molecule has 51 heavy (non-hydrogen) atoms. The molecule has 7 aromatic carbocycles. The van der Waals surface area contributed by atoms with E-state index in [9.17, 15) is 0 Å². The SMILES string of the molecule is C1=CC2=C(CC1)C1(c3cc(Sc4ccc5c(c4)C4(c6ccccc6-c6ccccc64)c4ccccc4-5)ccc32)c2ccccc2-c2ccccc21. The number of fused-ring (bicyclic) bond motifs is 19. The minimum atomic E-state index is -0.329. The van der Waals surface area contributed by atoms with Crippen LogP contribution in [0.25, 0.3) is 39.0 Å². The highest BCUT2D eigenvalue weighted by Gasteiger charge is 2.53. The highest BCUT2D eigenvalue weighted by Crippen LogP contribution is 2.65. The van der Waals surface area contributed by atoms with E-state index in [4.69, 9.17) is 0 Å². The third-order valence-corrected chi connectivity index (χ3v) is 13.4. The van der Waals surface area contributed by atoms with E-state index < -0.39 is 0 Å². The lowest BCUT2D eigenvalue weighted by atomic mass is 9.68. The number of benzene rings is 7. The molecule has 0 atom stereocenters. The topological polar surface area (TPSA) is 0 Å². The first kappa shape index (κ1) is 28.1. The Labute approximate surface area is 302 Å². The maximum absolute atomic E-state index is 2.53. The van der Waals surface area contributed by atoms with Crippen molar-refractivity contribution >= 4 is 17.3 Å². The molecule has 0 amide bonds. The van der Waals surface area contributed by atoms with Crippen molar-refractivity contribution in [1.29, 1.82) is 0 Å². The van der Waals surface area contributed by atoms with E-state index in [-0.39, 0.29) is 10.8 Å². The Balaban J connectivity index is 1.05. The van der Waals surface area contributed by atoms with Crippen LogP contribution in [-0.4, -0.2) is 0 Å². The second-order valence-electron chi connectivity index (χ2n) is 14.6. The van der Waals surface area contributed by atoms with Crippen LogP contribution in [0.1, 0.15) is 57.3 Å². The minimum absolute atomic E-state index is 0.250. The molecule has 2 spiro atoms. The molecule has 1 heteroatoms. The van der Waals surface area contributed by atoms with Crippen molar-refractivity contribution in [1.82, 2.24) is 0 Å². The summed E-state index contributed by atoms with van der Waals surface area (Å²) in [6, 6.07) is 60.1. The lowest BCUT2D eigenvalue weighted by Gasteiger charge is -2.33. The van der Waals surface area contributed by atoms with Crippen LogP contribution in [0, 0.1) is 0 Å². The van der Waals surface area contributed by atoms with E-state index in [2.05, 4.69) is 170 Å². The van der Waals surface area contributed by atoms with Crippen molar-refractivity contribution in [2.24, 2.45) is 0 Å². The normalized spacial score (nSPS) is 16.7. The summed E-state index contributed by atoms with van der Waals surface area (Å²) in [5, 5.41) is 0. The molecule has 0 bridgehead atoms. The molecular weight excluding hydrogens is 633 g/mol. The third-order valence-electron chi connectivity index (χ3n) is 12.5. The summed E-state index contributed by atoms with van der Waals surface area (Å²) in [7, 11) is 0. The Morgan fingerprint density at radius 1 is 0.373 bits per heavy atom. The van der Waals surface area contributed by atoms with Gasteiger partial charge < -0.3 is 0 Å². The smallest absolute Gasteiger partial charge is 0.0725 e. The highest BCUT2D eigenvalue weighted by atomic mass is 32.2. The van der Waals surface area contributed by atoms with Crippen LogP contribution < -0.4 is 0 Å². The molecule has 0 saturated heterocycles. The molecule has 0 N–H and O–H groups in total. The van der Waals surface area contributed by atoms with Gasteiger partial charge in [-0.2, -0.15) is 0 Å². The van der Waals surface area contributed by atoms with Crippen molar-refractivity contribution in [3.05, 3.63) is 220 Å². The first-order valence-electron chi connectivity index (χ1n) is 18.2. The van der Waals surface area contributed by atoms with Gasteiger partial charge in [0.15, 0.2) is 0 Å². The Hall–Kier alpha value is -5.63. The molecule has 5 aliphatic carbocycles. The van der Waals surface area contributed by atoms with Gasteiger partial charge in [-0.05, 0) is 126 Å². The summed E-state index contributed by atoms with van der Waals surface area (Å²) in [6.07, 6.45) is 6.94. The minimum Gasteiger partial charge on any atom is -0.0901 e. The quantitative estimate of drug-likeness (QED) is 0.177. The van der Waals surface area contributed by atoms with Crippen LogP contribution in [0.3, 0.4) is 0 Å². The molecule has 0 aliphatic heterocycles. The summed E-state index contributed by atoms with van der Waals surface area (Å²) in [5.41, 5.74) is 21.8. The first-order chi connectivity index (χ1) is 25.3. The zero-order chi connectivity index (χ0) is 33.3. The Kier molecular flexibility index (Phi) is 5.51. The van der Waals surface area contributed by atoms with E-state index >= 15 is 0 Å². The van der Waals surface area contributed by atoms with Gasteiger partial charge in [0.1, 0.15) is 0 Å². The predicted octanol–water partition coefficient (Wildman–Crippen LogP) is 12.6. The number of rotatable bonds is 2. The average molecular weight is 665 g/mol. The van der Waals surface area contributed by atoms with Crippen LogP contribution in [0.5, 0.6) is 0 Å². The fourth-order valence-corrected chi connectivity index (χ4v) is 11.6. The van der Waals surface area contributed by atoms with Gasteiger partial charge in [-0.1, -0.05) is 157 Å². The summed E-state index contributed by atoms with van der Waals surface area (Å²) in [6.45, 7) is 0. The molecule has 0 radical (unpaired) electrons. The number of hydrogen-bond donors (Lipinski definition) is 0. The fraction of sp³-hybridized carbons (Fsp3) is 0.0800. The summed E-state index contributed by atoms with van der Waals surface area (Å²) >= 11 is 1.90. The lowest BCUT2D eigenvalue weighted by molar-refractivity contribution is 0.712. The van der Waals surface area contributed by atoms with Gasteiger partial charge in [0.05, 0.1) is 10.8 Å². The van der Waals surface area contributed by atoms with Crippen molar-refractivity contribution in [2.45, 2.75) is 33.5 Å². The molecule has 0 fully saturated rings. The van der Waals surface area contributed by atoms with Crippen molar-refractivity contribution in [3.8, 4) is 33.4 Å². The molecule has 12 rings (SSSR count). The van der Waals surface area contributed by atoms with E-state index in [1.807, 2.05) is 11.8 Å². The van der Waals surface area contributed by atoms with Crippen LogP contribution in [0.4, 0.5) is 0 Å². The van der Waals surface area contributed by atoms with Gasteiger partial charge in [0.25, 0.3) is 0 Å². The van der Waals surface area contributed by atoms with Crippen LogP contribution >= 0.6 is 11.8 Å². The van der Waals surface area contributed by atoms with Crippen LogP contribution in [0.2, 0.25) is 0 Å². The van der Waals surface area contributed by atoms with E-state index in [0.717, 1.165) is 12.8 Å². The molecular formula is C50H32S. The van der Waals surface area contributed by atoms with E-state index in [0.29, 0.717) is 0 Å². The Morgan fingerprint density at radius 2 is 0.765 bits per heavy atom. The molecule has 0 nitrogen and oxygen atoms in total.